The molecular formula is C23H18F3N5O. The van der Waals surface area contributed by atoms with E-state index in [2.05, 4.69) is 20.6 Å². The van der Waals surface area contributed by atoms with Gasteiger partial charge in [-0.05, 0) is 60.7 Å². The van der Waals surface area contributed by atoms with Gasteiger partial charge >= 0.3 is 6.18 Å². The highest BCUT2D eigenvalue weighted by Gasteiger charge is 2.29. The van der Waals surface area contributed by atoms with Gasteiger partial charge in [-0.1, -0.05) is 18.2 Å². The van der Waals surface area contributed by atoms with E-state index in [4.69, 9.17) is 10.5 Å². The molecule has 0 aliphatic heterocycles. The average Bonchev–Trinajstić information content (AvgIpc) is 2.78. The molecule has 1 heterocycles. The zero-order valence-electron chi connectivity index (χ0n) is 16.6. The van der Waals surface area contributed by atoms with Crippen molar-refractivity contribution in [2.24, 2.45) is 0 Å². The van der Waals surface area contributed by atoms with E-state index in [-0.39, 0.29) is 11.5 Å². The van der Waals surface area contributed by atoms with E-state index in [9.17, 15) is 13.2 Å². The van der Waals surface area contributed by atoms with Crippen LogP contribution in [0, 0.1) is 0 Å². The number of nitrogens with two attached hydrogens (primary N) is 1. The third kappa shape index (κ3) is 5.07. The number of para-hydroxylation sites is 1. The van der Waals surface area contributed by atoms with E-state index >= 15 is 0 Å². The summed E-state index contributed by atoms with van der Waals surface area (Å²) in [7, 11) is 0. The van der Waals surface area contributed by atoms with E-state index < -0.39 is 11.7 Å². The molecule has 32 heavy (non-hydrogen) atoms. The Labute approximate surface area is 181 Å². The van der Waals surface area contributed by atoms with Gasteiger partial charge in [0, 0.05) is 11.4 Å². The van der Waals surface area contributed by atoms with Crippen molar-refractivity contribution in [2.75, 3.05) is 16.4 Å². The number of aromatic nitrogens is 2. The first kappa shape index (κ1) is 21.0. The number of nitrogen functional groups attached to an aromatic ring is 1. The maximum absolute atomic E-state index is 12.7. The van der Waals surface area contributed by atoms with Crippen LogP contribution in [0.5, 0.6) is 11.5 Å². The van der Waals surface area contributed by atoms with Crippen molar-refractivity contribution in [3.05, 3.63) is 90.8 Å². The Hall–Kier alpha value is -4.27. The summed E-state index contributed by atoms with van der Waals surface area (Å²) in [6, 6.07) is 21.2. The molecule has 0 atom stereocenters. The van der Waals surface area contributed by atoms with E-state index in [1.807, 2.05) is 42.5 Å². The standard InChI is InChI=1S/C23H18F3N5O/c24-23(25,26)15-6-8-16(9-7-15)30-21-20(27)22(29-14-28-21)31-17-10-12-19(13-11-17)32-18-4-2-1-3-5-18/h1-14H,27H2,(H2,28,29,30,31). The summed E-state index contributed by atoms with van der Waals surface area (Å²) < 4.78 is 43.9. The molecule has 0 radical (unpaired) electrons. The number of halogens is 3. The third-order valence-electron chi connectivity index (χ3n) is 4.45. The fraction of sp³-hybridized carbons (Fsp3) is 0.0435. The topological polar surface area (TPSA) is 85.1 Å². The van der Waals surface area contributed by atoms with Crippen molar-refractivity contribution in [1.29, 1.82) is 0 Å². The number of hydrogen-bond acceptors (Lipinski definition) is 6. The van der Waals surface area contributed by atoms with Gasteiger partial charge in [-0.3, -0.25) is 0 Å². The van der Waals surface area contributed by atoms with Gasteiger partial charge in [0.1, 0.15) is 23.5 Å². The molecule has 0 saturated carbocycles. The Morgan fingerprint density at radius 3 is 1.72 bits per heavy atom. The number of anilines is 5. The van der Waals surface area contributed by atoms with Crippen LogP contribution in [0.2, 0.25) is 0 Å². The summed E-state index contributed by atoms with van der Waals surface area (Å²) in [5, 5.41) is 6.01. The first-order valence-corrected chi connectivity index (χ1v) is 9.53. The molecule has 0 unspecified atom stereocenters. The van der Waals surface area contributed by atoms with Gasteiger partial charge in [0.25, 0.3) is 0 Å². The van der Waals surface area contributed by atoms with Crippen LogP contribution in [0.4, 0.5) is 41.9 Å². The summed E-state index contributed by atoms with van der Waals surface area (Å²) in [6.07, 6.45) is -3.09. The van der Waals surface area contributed by atoms with Gasteiger partial charge in [-0.15, -0.1) is 0 Å². The number of nitrogens with zero attached hydrogens (tertiary/aromatic N) is 2. The summed E-state index contributed by atoms with van der Waals surface area (Å²) in [5.41, 5.74) is 6.77. The number of rotatable bonds is 6. The fourth-order valence-corrected chi connectivity index (χ4v) is 2.84. The molecule has 0 aliphatic carbocycles. The average molecular weight is 437 g/mol. The van der Waals surface area contributed by atoms with Crippen molar-refractivity contribution in [2.45, 2.75) is 6.18 Å². The minimum Gasteiger partial charge on any atom is -0.457 e. The van der Waals surface area contributed by atoms with Gasteiger partial charge in [-0.2, -0.15) is 13.2 Å². The molecule has 4 N–H and O–H groups in total. The van der Waals surface area contributed by atoms with Gasteiger partial charge in [0.15, 0.2) is 11.6 Å². The second-order valence-corrected chi connectivity index (χ2v) is 6.75. The van der Waals surface area contributed by atoms with Crippen LogP contribution in [0.15, 0.2) is 85.2 Å². The lowest BCUT2D eigenvalue weighted by atomic mass is 10.2. The van der Waals surface area contributed by atoms with Crippen molar-refractivity contribution in [1.82, 2.24) is 9.97 Å². The van der Waals surface area contributed by atoms with Crippen molar-refractivity contribution in [3.8, 4) is 11.5 Å². The van der Waals surface area contributed by atoms with Crippen molar-refractivity contribution in [3.63, 3.8) is 0 Å². The number of nitrogens with one attached hydrogen (secondary N) is 2. The van der Waals surface area contributed by atoms with Crippen LogP contribution in [0.1, 0.15) is 5.56 Å². The van der Waals surface area contributed by atoms with Gasteiger partial charge in [0.2, 0.25) is 0 Å². The first-order chi connectivity index (χ1) is 15.4. The normalized spacial score (nSPS) is 11.1. The van der Waals surface area contributed by atoms with Crippen LogP contribution in [-0.2, 0) is 6.18 Å². The summed E-state index contributed by atoms with van der Waals surface area (Å²) in [6.45, 7) is 0. The number of ether oxygens (including phenoxy) is 1. The Balaban J connectivity index is 1.45. The highest BCUT2D eigenvalue weighted by atomic mass is 19.4. The molecule has 0 saturated heterocycles. The van der Waals surface area contributed by atoms with Crippen LogP contribution >= 0.6 is 0 Å². The van der Waals surface area contributed by atoms with Gasteiger partial charge in [0.05, 0.1) is 5.56 Å². The predicted molar refractivity (Wildman–Crippen MR) is 117 cm³/mol. The van der Waals surface area contributed by atoms with E-state index in [1.165, 1.54) is 18.5 Å². The quantitative estimate of drug-likeness (QED) is 0.326. The molecule has 1 aromatic heterocycles. The molecule has 0 aliphatic rings. The number of benzene rings is 3. The minimum atomic E-state index is -4.40. The van der Waals surface area contributed by atoms with Crippen LogP contribution in [0.25, 0.3) is 0 Å². The van der Waals surface area contributed by atoms with Gasteiger partial charge in [-0.25, -0.2) is 9.97 Å². The highest BCUT2D eigenvalue weighted by Crippen LogP contribution is 2.32. The van der Waals surface area contributed by atoms with Gasteiger partial charge < -0.3 is 21.1 Å². The van der Waals surface area contributed by atoms with Crippen LogP contribution < -0.4 is 21.1 Å². The lowest BCUT2D eigenvalue weighted by Gasteiger charge is -2.13. The lowest BCUT2D eigenvalue weighted by Crippen LogP contribution is -2.06. The molecule has 0 bridgehead atoms. The predicted octanol–water partition coefficient (Wildman–Crippen LogP) is 6.36. The highest BCUT2D eigenvalue weighted by molar-refractivity contribution is 5.80. The second kappa shape index (κ2) is 8.84. The Kier molecular flexibility index (Phi) is 5.80. The second-order valence-electron chi connectivity index (χ2n) is 6.75. The lowest BCUT2D eigenvalue weighted by molar-refractivity contribution is -0.137. The summed E-state index contributed by atoms with van der Waals surface area (Å²) in [5.74, 6) is 2.02. The van der Waals surface area contributed by atoms with Crippen molar-refractivity contribution >= 4 is 28.7 Å². The summed E-state index contributed by atoms with van der Waals surface area (Å²) >= 11 is 0. The molecule has 4 rings (SSSR count). The maximum atomic E-state index is 12.7. The molecule has 4 aromatic rings. The summed E-state index contributed by atoms with van der Waals surface area (Å²) in [4.78, 5) is 8.22. The number of hydrogen-bond donors (Lipinski definition) is 3. The van der Waals surface area contributed by atoms with Crippen molar-refractivity contribution < 1.29 is 17.9 Å². The molecule has 0 spiro atoms. The Morgan fingerprint density at radius 2 is 1.19 bits per heavy atom. The Morgan fingerprint density at radius 1 is 0.688 bits per heavy atom. The smallest absolute Gasteiger partial charge is 0.416 e. The van der Waals surface area contributed by atoms with E-state index in [0.29, 0.717) is 17.3 Å². The third-order valence-corrected chi connectivity index (χ3v) is 4.45. The van der Waals surface area contributed by atoms with Crippen LogP contribution in [-0.4, -0.2) is 9.97 Å². The molecular weight excluding hydrogens is 419 g/mol. The SMILES string of the molecule is Nc1c(Nc2ccc(Oc3ccccc3)cc2)ncnc1Nc1ccc(C(F)(F)F)cc1. The largest absolute Gasteiger partial charge is 0.457 e. The molecule has 9 heteroatoms. The van der Waals surface area contributed by atoms with E-state index in [0.717, 1.165) is 23.6 Å². The monoisotopic (exact) mass is 437 g/mol. The number of alkyl halides is 3. The Bertz CT molecular complexity index is 1180. The maximum Gasteiger partial charge on any atom is 0.416 e. The minimum absolute atomic E-state index is 0.219. The van der Waals surface area contributed by atoms with Crippen LogP contribution in [0.3, 0.4) is 0 Å². The van der Waals surface area contributed by atoms with E-state index in [1.54, 1.807) is 12.1 Å². The zero-order chi connectivity index (χ0) is 22.6. The zero-order valence-corrected chi connectivity index (χ0v) is 16.6. The fourth-order valence-electron chi connectivity index (χ4n) is 2.84. The first-order valence-electron chi connectivity index (χ1n) is 9.53. The molecule has 6 nitrogen and oxygen atoms in total. The molecule has 3 aromatic carbocycles. The molecule has 0 amide bonds. The molecule has 162 valence electrons. The molecule has 0 fully saturated rings.